The van der Waals surface area contributed by atoms with Crippen molar-refractivity contribution in [3.63, 3.8) is 0 Å². The Kier molecular flexibility index (Phi) is 3.35. The molecule has 0 atom stereocenters. The average molecular weight is 132 g/mol. The first-order valence-electron chi connectivity index (χ1n) is 2.47. The van der Waals surface area contributed by atoms with Gasteiger partial charge in [0.25, 0.3) is 5.95 Å². The molecule has 0 rings (SSSR count). The summed E-state index contributed by atoms with van der Waals surface area (Å²) >= 11 is 0. The van der Waals surface area contributed by atoms with Crippen molar-refractivity contribution in [1.82, 2.24) is 0 Å². The molecule has 0 heterocycles. The van der Waals surface area contributed by atoms with Crippen LogP contribution < -0.4 is 0 Å². The molecule has 0 aromatic heterocycles. The lowest BCUT2D eigenvalue weighted by molar-refractivity contribution is 0.0933. The van der Waals surface area contributed by atoms with E-state index in [9.17, 15) is 0 Å². The first-order valence-corrected chi connectivity index (χ1v) is 3.47. The number of hydrogen-bond acceptors (Lipinski definition) is 2. The first-order chi connectivity index (χ1) is 3.72. The molecule has 2 nitrogen and oxygen atoms in total. The molecule has 8 heavy (non-hydrogen) atoms. The van der Waals surface area contributed by atoms with E-state index in [-0.39, 0.29) is 0 Å². The summed E-state index contributed by atoms with van der Waals surface area (Å²) in [6.45, 7) is 1.99. The van der Waals surface area contributed by atoms with Gasteiger partial charge in [0.15, 0.2) is 0 Å². The lowest BCUT2D eigenvalue weighted by atomic mass is 10.7. The van der Waals surface area contributed by atoms with Crippen molar-refractivity contribution in [2.75, 3.05) is 14.2 Å². The molecule has 0 radical (unpaired) electrons. The fraction of sp³-hybridized carbons (Fsp3) is 0.600. The maximum absolute atomic E-state index is 4.85. The molecule has 0 aromatic carbocycles. The number of ether oxygens (including phenoxy) is 2. The van der Waals surface area contributed by atoms with Crippen LogP contribution in [-0.2, 0) is 9.47 Å². The minimum atomic E-state index is 0.664. The van der Waals surface area contributed by atoms with Crippen LogP contribution in [0, 0.1) is 0 Å². The molecule has 0 amide bonds. The molecule has 0 aliphatic rings. The molecule has 0 aliphatic carbocycles. The summed E-state index contributed by atoms with van der Waals surface area (Å²) in [5.74, 6) is 0.664. The summed E-state index contributed by atoms with van der Waals surface area (Å²) < 4.78 is 9.71. The van der Waals surface area contributed by atoms with Gasteiger partial charge in [-0.3, -0.25) is 0 Å². The molecule has 0 aromatic rings. The second-order valence-electron chi connectivity index (χ2n) is 1.70. The third kappa shape index (κ3) is 2.02. The molecule has 0 unspecified atom stereocenters. The Morgan fingerprint density at radius 3 is 1.62 bits per heavy atom. The van der Waals surface area contributed by atoms with Gasteiger partial charge >= 0.3 is 0 Å². The lowest BCUT2D eigenvalue weighted by Gasteiger charge is -2.04. The average Bonchev–Trinajstić information content (AvgIpc) is 1.69. The highest BCUT2D eigenvalue weighted by atomic mass is 28.1. The third-order valence-corrected chi connectivity index (χ3v) is 1.19. The summed E-state index contributed by atoms with van der Waals surface area (Å²) in [5, 5.41) is 1.19. The Labute approximate surface area is 52.9 Å². The van der Waals surface area contributed by atoms with Crippen molar-refractivity contribution in [2.45, 2.75) is 6.92 Å². The molecule has 0 N–H and O–H groups in total. The van der Waals surface area contributed by atoms with Gasteiger partial charge in [-0.15, -0.1) is 0 Å². The highest BCUT2D eigenvalue weighted by molar-refractivity contribution is 6.21. The van der Waals surface area contributed by atoms with Gasteiger partial charge in [0.1, 0.15) is 0 Å². The zero-order valence-electron chi connectivity index (χ0n) is 5.82. The minimum absolute atomic E-state index is 0.664. The van der Waals surface area contributed by atoms with E-state index in [1.807, 2.05) is 6.92 Å². The second-order valence-corrected chi connectivity index (χ2v) is 3.20. The van der Waals surface area contributed by atoms with Gasteiger partial charge in [-0.05, 0) is 12.1 Å². The topological polar surface area (TPSA) is 18.5 Å². The Morgan fingerprint density at radius 1 is 1.25 bits per heavy atom. The summed E-state index contributed by atoms with van der Waals surface area (Å²) in [5.41, 5.74) is 0. The second kappa shape index (κ2) is 3.55. The fourth-order valence-electron chi connectivity index (χ4n) is 0.492. The predicted molar refractivity (Wildman–Crippen MR) is 36.7 cm³/mol. The number of rotatable bonds is 2. The zero-order chi connectivity index (χ0) is 6.57. The Balaban J connectivity index is 3.86. The maximum atomic E-state index is 4.85. The molecular formula is C5H12O2Si. The maximum Gasteiger partial charge on any atom is 0.272 e. The van der Waals surface area contributed by atoms with Crippen LogP contribution in [0.3, 0.4) is 0 Å². The zero-order valence-corrected chi connectivity index (χ0v) is 7.82. The van der Waals surface area contributed by atoms with Crippen molar-refractivity contribution >= 4 is 10.2 Å². The van der Waals surface area contributed by atoms with Gasteiger partial charge in [-0.25, -0.2) is 0 Å². The summed E-state index contributed by atoms with van der Waals surface area (Å²) in [7, 11) is 4.22. The molecule has 0 bridgehead atoms. The van der Waals surface area contributed by atoms with Crippen molar-refractivity contribution < 1.29 is 9.47 Å². The van der Waals surface area contributed by atoms with E-state index in [1.54, 1.807) is 14.2 Å². The van der Waals surface area contributed by atoms with Crippen LogP contribution in [0.2, 0.25) is 0 Å². The molecule has 3 heteroatoms. The van der Waals surface area contributed by atoms with Crippen LogP contribution in [0.15, 0.2) is 11.1 Å². The van der Waals surface area contributed by atoms with Crippen LogP contribution in [0.5, 0.6) is 0 Å². The number of allylic oxidation sites excluding steroid dienone is 1. The molecular weight excluding hydrogens is 120 g/mol. The van der Waals surface area contributed by atoms with E-state index < -0.39 is 0 Å². The van der Waals surface area contributed by atoms with Crippen molar-refractivity contribution in [3.05, 3.63) is 11.1 Å². The van der Waals surface area contributed by atoms with Crippen molar-refractivity contribution in [1.29, 1.82) is 0 Å². The van der Waals surface area contributed by atoms with E-state index in [0.29, 0.717) is 5.95 Å². The SMILES string of the molecule is COC(OC)=C(C)[SiH3]. The van der Waals surface area contributed by atoms with Gasteiger partial charge in [0, 0.05) is 10.2 Å². The van der Waals surface area contributed by atoms with Gasteiger partial charge in [0.2, 0.25) is 0 Å². The van der Waals surface area contributed by atoms with Gasteiger partial charge < -0.3 is 9.47 Å². The summed E-state index contributed by atoms with van der Waals surface area (Å²) in [6.07, 6.45) is 0. The normalized spacial score (nSPS) is 8.38. The van der Waals surface area contributed by atoms with Crippen LogP contribution in [0.4, 0.5) is 0 Å². The lowest BCUT2D eigenvalue weighted by Crippen LogP contribution is -1.93. The molecule has 48 valence electrons. The van der Waals surface area contributed by atoms with Crippen LogP contribution in [0.25, 0.3) is 0 Å². The number of methoxy groups -OCH3 is 2. The van der Waals surface area contributed by atoms with Crippen LogP contribution >= 0.6 is 0 Å². The highest BCUT2D eigenvalue weighted by Gasteiger charge is 1.92. The monoisotopic (exact) mass is 132 g/mol. The predicted octanol–water partition coefficient (Wildman–Crippen LogP) is -0.166. The Hall–Kier alpha value is -0.443. The molecule has 0 saturated carbocycles. The summed E-state index contributed by atoms with van der Waals surface area (Å²) in [4.78, 5) is 0. The summed E-state index contributed by atoms with van der Waals surface area (Å²) in [6, 6.07) is 0. The molecule has 0 fully saturated rings. The quantitative estimate of drug-likeness (QED) is 0.384. The van der Waals surface area contributed by atoms with Crippen molar-refractivity contribution in [2.24, 2.45) is 0 Å². The Bertz CT molecular complexity index is 88.6. The van der Waals surface area contributed by atoms with Gasteiger partial charge in [-0.2, -0.15) is 0 Å². The van der Waals surface area contributed by atoms with E-state index in [2.05, 4.69) is 0 Å². The molecule has 0 saturated heterocycles. The molecule has 0 spiro atoms. The number of hydrogen-bond donors (Lipinski definition) is 0. The largest absolute Gasteiger partial charge is 0.469 e. The highest BCUT2D eigenvalue weighted by Crippen LogP contribution is 1.99. The first kappa shape index (κ1) is 7.56. The van der Waals surface area contributed by atoms with Crippen molar-refractivity contribution in [3.8, 4) is 0 Å². The van der Waals surface area contributed by atoms with Gasteiger partial charge in [-0.1, -0.05) is 0 Å². The Morgan fingerprint density at radius 2 is 1.62 bits per heavy atom. The van der Waals surface area contributed by atoms with E-state index in [1.165, 1.54) is 5.20 Å². The van der Waals surface area contributed by atoms with Gasteiger partial charge in [0.05, 0.1) is 14.2 Å². The van der Waals surface area contributed by atoms with E-state index >= 15 is 0 Å². The smallest absolute Gasteiger partial charge is 0.272 e. The molecule has 0 aliphatic heterocycles. The standard InChI is InChI=1S/C5H12O2Si/c1-4(8)5(6-2)7-3/h1-3,8H3. The minimum Gasteiger partial charge on any atom is -0.469 e. The van der Waals surface area contributed by atoms with E-state index in [4.69, 9.17) is 9.47 Å². The fourth-order valence-corrected chi connectivity index (χ4v) is 0.900. The van der Waals surface area contributed by atoms with Crippen LogP contribution in [0.1, 0.15) is 6.92 Å². The van der Waals surface area contributed by atoms with E-state index in [0.717, 1.165) is 10.2 Å². The van der Waals surface area contributed by atoms with Crippen LogP contribution in [-0.4, -0.2) is 24.5 Å². The third-order valence-electron chi connectivity index (χ3n) is 0.779.